The molecule has 0 saturated carbocycles. The summed E-state index contributed by atoms with van der Waals surface area (Å²) in [5.74, 6) is -1.53. The number of hydrogen-bond donors (Lipinski definition) is 5. The number of nitrogens with two attached hydrogens (primary N) is 1. The minimum absolute atomic E-state index is 0.149. The molecule has 5 N–H and O–H groups in total. The van der Waals surface area contributed by atoms with Crippen molar-refractivity contribution in [3.05, 3.63) is 35.9 Å². The summed E-state index contributed by atoms with van der Waals surface area (Å²) in [5.41, 5.74) is 6.24. The maximum Gasteiger partial charge on any atom is 0.326 e. The van der Waals surface area contributed by atoms with Crippen molar-refractivity contribution < 1.29 is 19.5 Å². The highest BCUT2D eigenvalue weighted by molar-refractivity contribution is 7.80. The number of amides is 2. The Balaban J connectivity index is 2.63. The lowest BCUT2D eigenvalue weighted by molar-refractivity contribution is -0.142. The Kier molecular flexibility index (Phi) is 10.4. The van der Waals surface area contributed by atoms with Crippen molar-refractivity contribution in [2.75, 3.05) is 12.3 Å². The van der Waals surface area contributed by atoms with Crippen LogP contribution in [0.25, 0.3) is 0 Å². The first-order valence-corrected chi connectivity index (χ1v) is 9.28. The highest BCUT2D eigenvalue weighted by atomic mass is 32.1. The summed E-state index contributed by atoms with van der Waals surface area (Å²) >= 11 is 4.11. The van der Waals surface area contributed by atoms with Crippen LogP contribution in [-0.4, -0.2) is 47.3 Å². The van der Waals surface area contributed by atoms with E-state index < -0.39 is 24.0 Å². The van der Waals surface area contributed by atoms with Gasteiger partial charge in [0.2, 0.25) is 11.8 Å². The number of unbranched alkanes of at least 4 members (excludes halogenated alkanes) is 1. The number of thiol groups is 1. The predicted molar refractivity (Wildman–Crippen MR) is 103 cm³/mol. The fourth-order valence-electron chi connectivity index (χ4n) is 2.45. The minimum Gasteiger partial charge on any atom is -0.480 e. The summed E-state index contributed by atoms with van der Waals surface area (Å²) in [4.78, 5) is 35.9. The largest absolute Gasteiger partial charge is 0.480 e. The first kappa shape index (κ1) is 22.0. The Morgan fingerprint density at radius 3 is 2.31 bits per heavy atom. The third kappa shape index (κ3) is 8.35. The molecule has 2 amide bonds. The van der Waals surface area contributed by atoms with Gasteiger partial charge in [-0.05, 0) is 43.5 Å². The average molecular weight is 381 g/mol. The number of carbonyl (C=O) groups is 3. The molecule has 0 unspecified atom stereocenters. The van der Waals surface area contributed by atoms with Gasteiger partial charge in [-0.15, -0.1) is 0 Å². The second-order valence-corrected chi connectivity index (χ2v) is 6.43. The third-order valence-electron chi connectivity index (χ3n) is 3.84. The van der Waals surface area contributed by atoms with E-state index in [1.165, 1.54) is 0 Å². The summed E-state index contributed by atoms with van der Waals surface area (Å²) < 4.78 is 0. The Labute approximate surface area is 159 Å². The molecule has 1 aromatic rings. The molecule has 0 heterocycles. The highest BCUT2D eigenvalue weighted by Gasteiger charge is 2.25. The molecule has 8 heteroatoms. The van der Waals surface area contributed by atoms with E-state index in [4.69, 9.17) is 5.73 Å². The van der Waals surface area contributed by atoms with Crippen LogP contribution in [0, 0.1) is 0 Å². The van der Waals surface area contributed by atoms with Gasteiger partial charge in [-0.2, -0.15) is 12.6 Å². The molecule has 1 aromatic carbocycles. The van der Waals surface area contributed by atoms with E-state index in [0.29, 0.717) is 38.0 Å². The summed E-state index contributed by atoms with van der Waals surface area (Å²) in [7, 11) is 0. The van der Waals surface area contributed by atoms with Gasteiger partial charge in [-0.25, -0.2) is 4.79 Å². The van der Waals surface area contributed by atoms with E-state index >= 15 is 0 Å². The molecule has 26 heavy (non-hydrogen) atoms. The van der Waals surface area contributed by atoms with Crippen molar-refractivity contribution in [1.82, 2.24) is 10.6 Å². The van der Waals surface area contributed by atoms with Crippen LogP contribution in [0.1, 0.15) is 31.2 Å². The van der Waals surface area contributed by atoms with Crippen LogP contribution in [-0.2, 0) is 20.8 Å². The van der Waals surface area contributed by atoms with Gasteiger partial charge in [-0.3, -0.25) is 9.59 Å². The Morgan fingerprint density at radius 1 is 1.04 bits per heavy atom. The van der Waals surface area contributed by atoms with Crippen LogP contribution in [0.3, 0.4) is 0 Å². The van der Waals surface area contributed by atoms with Crippen molar-refractivity contribution in [3.63, 3.8) is 0 Å². The van der Waals surface area contributed by atoms with Crippen molar-refractivity contribution in [3.8, 4) is 0 Å². The number of rotatable bonds is 12. The molecule has 144 valence electrons. The summed E-state index contributed by atoms with van der Waals surface area (Å²) in [6, 6.07) is 7.35. The Hall–Kier alpha value is -2.06. The van der Waals surface area contributed by atoms with E-state index in [-0.39, 0.29) is 12.3 Å². The van der Waals surface area contributed by atoms with Gasteiger partial charge in [0.05, 0.1) is 6.42 Å². The number of hydrogen-bond acceptors (Lipinski definition) is 5. The lowest BCUT2D eigenvalue weighted by Gasteiger charge is -2.21. The van der Waals surface area contributed by atoms with E-state index in [1.54, 1.807) is 0 Å². The molecule has 0 radical (unpaired) electrons. The average Bonchev–Trinajstić information content (AvgIpc) is 2.61. The molecule has 0 aromatic heterocycles. The lowest BCUT2D eigenvalue weighted by Crippen LogP contribution is -2.52. The molecule has 7 nitrogen and oxygen atoms in total. The zero-order chi connectivity index (χ0) is 19.4. The van der Waals surface area contributed by atoms with E-state index in [9.17, 15) is 19.5 Å². The zero-order valence-corrected chi connectivity index (χ0v) is 15.6. The minimum atomic E-state index is -1.10. The van der Waals surface area contributed by atoms with Crippen molar-refractivity contribution in [2.45, 2.75) is 44.2 Å². The molecule has 0 aliphatic heterocycles. The second kappa shape index (κ2) is 12.3. The molecule has 0 aliphatic carbocycles. The Morgan fingerprint density at radius 2 is 1.73 bits per heavy atom. The first-order chi connectivity index (χ1) is 12.5. The van der Waals surface area contributed by atoms with Crippen molar-refractivity contribution in [1.29, 1.82) is 0 Å². The summed E-state index contributed by atoms with van der Waals surface area (Å²) in [6.07, 6.45) is 2.05. The smallest absolute Gasteiger partial charge is 0.326 e. The van der Waals surface area contributed by atoms with Crippen LogP contribution in [0.2, 0.25) is 0 Å². The van der Waals surface area contributed by atoms with E-state index in [0.717, 1.165) is 5.56 Å². The summed E-state index contributed by atoms with van der Waals surface area (Å²) in [6.45, 7) is 0.470. The van der Waals surface area contributed by atoms with Crippen LogP contribution in [0.15, 0.2) is 30.3 Å². The standard InChI is InChI=1S/C18H27N3O4S/c19-10-5-4-8-15(18(24)25)21-17(23)14(9-11-26)20-16(22)12-13-6-2-1-3-7-13/h1-3,6-7,14-15,26H,4-5,8-12,19H2,(H,20,22)(H,21,23)(H,24,25)/t14-,15-/m0/s1. The van der Waals surface area contributed by atoms with E-state index in [1.807, 2.05) is 30.3 Å². The van der Waals surface area contributed by atoms with Gasteiger partial charge in [0.1, 0.15) is 12.1 Å². The molecule has 0 fully saturated rings. The topological polar surface area (TPSA) is 122 Å². The molecule has 0 saturated heterocycles. The van der Waals surface area contributed by atoms with Crippen molar-refractivity contribution >= 4 is 30.4 Å². The van der Waals surface area contributed by atoms with Crippen LogP contribution in [0.5, 0.6) is 0 Å². The predicted octanol–water partition coefficient (Wildman–Crippen LogP) is 0.732. The van der Waals surface area contributed by atoms with Gasteiger partial charge in [-0.1, -0.05) is 30.3 Å². The number of carboxylic acids is 1. The number of carboxylic acid groups (broad SMARTS) is 1. The molecule has 1 rings (SSSR count). The maximum atomic E-state index is 12.4. The fraction of sp³-hybridized carbons (Fsp3) is 0.500. The normalized spacial score (nSPS) is 12.8. The van der Waals surface area contributed by atoms with Gasteiger partial charge in [0.25, 0.3) is 0 Å². The first-order valence-electron chi connectivity index (χ1n) is 8.65. The van der Waals surface area contributed by atoms with Gasteiger partial charge in [0.15, 0.2) is 0 Å². The number of nitrogens with one attached hydrogen (secondary N) is 2. The molecule has 0 spiro atoms. The van der Waals surface area contributed by atoms with Crippen LogP contribution < -0.4 is 16.4 Å². The lowest BCUT2D eigenvalue weighted by atomic mass is 10.1. The molecule has 0 aliphatic rings. The zero-order valence-electron chi connectivity index (χ0n) is 14.7. The van der Waals surface area contributed by atoms with E-state index in [2.05, 4.69) is 23.3 Å². The number of aliphatic carboxylic acids is 1. The number of carbonyl (C=O) groups excluding carboxylic acids is 2. The van der Waals surface area contributed by atoms with Crippen LogP contribution in [0.4, 0.5) is 0 Å². The third-order valence-corrected chi connectivity index (χ3v) is 4.10. The maximum absolute atomic E-state index is 12.4. The van der Waals surface area contributed by atoms with Crippen molar-refractivity contribution in [2.24, 2.45) is 5.73 Å². The monoisotopic (exact) mass is 381 g/mol. The molecular formula is C18H27N3O4S. The van der Waals surface area contributed by atoms with Gasteiger partial charge >= 0.3 is 5.97 Å². The molecular weight excluding hydrogens is 354 g/mol. The fourth-order valence-corrected chi connectivity index (χ4v) is 2.71. The number of benzene rings is 1. The van der Waals surface area contributed by atoms with Gasteiger partial charge in [0, 0.05) is 0 Å². The summed E-state index contributed by atoms with van der Waals surface area (Å²) in [5, 5.41) is 14.4. The quantitative estimate of drug-likeness (QED) is 0.270. The van der Waals surface area contributed by atoms with Crippen LogP contribution >= 0.6 is 12.6 Å². The van der Waals surface area contributed by atoms with Gasteiger partial charge < -0.3 is 21.5 Å². The highest BCUT2D eigenvalue weighted by Crippen LogP contribution is 2.04. The second-order valence-electron chi connectivity index (χ2n) is 5.98. The molecule has 2 atom stereocenters. The molecule has 0 bridgehead atoms. The SMILES string of the molecule is NCCCC[C@H](NC(=O)[C@H](CCS)NC(=O)Cc1ccccc1)C(=O)O. The Bertz CT molecular complexity index is 583.